The van der Waals surface area contributed by atoms with Gasteiger partial charge >= 0.3 is 64.9 Å². The van der Waals surface area contributed by atoms with Crippen molar-refractivity contribution in [3.05, 3.63) is 244 Å². The first-order chi connectivity index (χ1) is 51.2. The maximum atomic E-state index is 14.0. The molecule has 0 aliphatic heterocycles. The minimum atomic E-state index is -3.27. The van der Waals surface area contributed by atoms with Crippen molar-refractivity contribution in [2.75, 3.05) is 90.0 Å². The molecule has 111 heavy (non-hydrogen) atoms. The number of carbonyl (C=O) groups is 3. The summed E-state index contributed by atoms with van der Waals surface area (Å²) in [4.78, 5) is 71.2. The zero-order valence-corrected chi connectivity index (χ0v) is 79.1. The van der Waals surface area contributed by atoms with E-state index in [1.165, 1.54) is 122 Å². The van der Waals surface area contributed by atoms with Crippen molar-refractivity contribution in [2.45, 2.75) is 52.7 Å². The van der Waals surface area contributed by atoms with E-state index in [0.29, 0.717) is 67.6 Å². The Morgan fingerprint density at radius 2 is 0.865 bits per heavy atom. The number of nitrogens with zero attached hydrogens (tertiary/aromatic N) is 4. The Kier molecular flexibility index (Phi) is 47.8. The van der Waals surface area contributed by atoms with Gasteiger partial charge in [0.25, 0.3) is 22.6 Å². The van der Waals surface area contributed by atoms with Crippen LogP contribution in [0, 0.1) is 36.5 Å². The van der Waals surface area contributed by atoms with Crippen LogP contribution >= 0.6 is 124 Å². The number of aldehydes is 1. The number of hydrogen-bond donors (Lipinski definition) is 0. The molecule has 0 atom stereocenters. The van der Waals surface area contributed by atoms with Gasteiger partial charge in [0, 0.05) is 117 Å². The van der Waals surface area contributed by atoms with Gasteiger partial charge in [-0.1, -0.05) is 40.2 Å². The topological polar surface area (TPSA) is 310 Å². The van der Waals surface area contributed by atoms with Crippen molar-refractivity contribution in [3.63, 3.8) is 0 Å². The van der Waals surface area contributed by atoms with Gasteiger partial charge in [0.05, 0.1) is 90.2 Å². The number of ether oxygens (including phenoxy) is 2. The third kappa shape index (κ3) is 39.3. The van der Waals surface area contributed by atoms with Crippen LogP contribution in [0.2, 0.25) is 0 Å². The third-order valence-corrected chi connectivity index (χ3v) is 22.1. The summed E-state index contributed by atoms with van der Waals surface area (Å²) in [6, 6.07) is 26.0. The zero-order chi connectivity index (χ0) is 83.7. The standard InChI is InChI=1S/C15H16FNO3S.C14H17BrFNO4S.C14H14FNO4S.C12H11BrFNO3S.C12H12BrFO2.C3H7BrO2S.CH3.3HI.V/c1-3-4-12-13(16)7-5-11-6-8-14(18)17(15(11)12)9-10-21(2,19)20;1-3-21-9-7-13(18)17(8-10-22(2,19)20)12-6-4-5-11(16)14(12)15;1-21(19,20)9-7-16-13(18)5-3-10-2-4-12(15)11(6-8-17)14(10)16;1-19(17,18)7-6-15-10(16)5-3-8-2-4-9(14)11(13)12(8)15;1-2-16-7-6-10(15)8-9-4-3-5-11(14)12(9)13;1-7(5,6)3-2-4;;;;;/h3,5-8H,1,4,9-10H2,2H3;4-7,9H,3,8,10H2,1-2H3;2-5,8H,6-7,9H2,1H3;2-5H,6-7H2,1H3;3-7H,2,8H2,1H3;2-3H2,1H3;1H3;3*1H;/q;;;;;;-1;;;;+3/p-3/b;9-7+;;;7-6+;;;;;;. The number of hydrogen-bond acceptors (Lipinski definition) is 18. The molecule has 40 heteroatoms. The van der Waals surface area contributed by atoms with Crippen molar-refractivity contribution >= 4 is 229 Å². The van der Waals surface area contributed by atoms with Crippen molar-refractivity contribution in [3.8, 4) is 0 Å². The zero-order valence-electron chi connectivity index (χ0n) is 60.8. The fraction of sp³-hybridized carbons (Fsp3) is 0.310. The summed E-state index contributed by atoms with van der Waals surface area (Å²) in [5, 5.41) is 2.48. The van der Waals surface area contributed by atoms with Crippen molar-refractivity contribution in [2.24, 2.45) is 0 Å². The quantitative estimate of drug-likeness (QED) is 0.00675. The van der Waals surface area contributed by atoms with E-state index in [4.69, 9.17) is 9.47 Å². The number of ketones is 1. The maximum absolute atomic E-state index is 14.0. The second-order valence-corrected chi connectivity index (χ2v) is 72.9. The number of aryl methyl sites for hydroxylation is 3. The molecular weight excluding hydrogens is 2200 g/mol. The molecule has 0 aliphatic carbocycles. The molecule has 0 N–H and O–H groups in total. The van der Waals surface area contributed by atoms with Crippen LogP contribution < -0.4 is 21.6 Å². The number of sulfone groups is 5. The van der Waals surface area contributed by atoms with Gasteiger partial charge in [0.2, 0.25) is 0 Å². The van der Waals surface area contributed by atoms with Crippen LogP contribution in [0.3, 0.4) is 0 Å². The molecule has 3 heterocycles. The van der Waals surface area contributed by atoms with Gasteiger partial charge in [-0.15, -0.1) is 6.58 Å². The van der Waals surface area contributed by atoms with E-state index in [-0.39, 0.29) is 135 Å². The Morgan fingerprint density at radius 3 is 1.25 bits per heavy atom. The molecule has 0 spiro atoms. The number of pyridine rings is 3. The molecule has 8 aromatic rings. The molecule has 1 amide bonds. The van der Waals surface area contributed by atoms with Crippen LogP contribution in [-0.2, 0) is 117 Å². The number of amides is 1. The summed E-state index contributed by atoms with van der Waals surface area (Å²) in [5.41, 5.74) is 1.30. The number of allylic oxidation sites excluding steroid dienone is 2. The Hall–Kier alpha value is -4.55. The van der Waals surface area contributed by atoms with Gasteiger partial charge in [-0.3, -0.25) is 24.0 Å². The van der Waals surface area contributed by atoms with Gasteiger partial charge in [-0.2, -0.15) is 0 Å². The van der Waals surface area contributed by atoms with E-state index in [9.17, 15) is 92.8 Å². The van der Waals surface area contributed by atoms with Crippen LogP contribution in [0.15, 0.2) is 174 Å². The summed E-state index contributed by atoms with van der Waals surface area (Å²) >= 11 is 19.7. The predicted molar refractivity (Wildman–Crippen MR) is 467 cm³/mol. The summed E-state index contributed by atoms with van der Waals surface area (Å²) < 4.78 is 193. The third-order valence-electron chi connectivity index (χ3n) is 14.1. The first-order valence-corrected chi connectivity index (χ1v) is 59.1. The number of fused-ring (bicyclic) bond motifs is 3. The fourth-order valence-electron chi connectivity index (χ4n) is 9.16. The van der Waals surface area contributed by atoms with E-state index in [0.717, 1.165) is 25.0 Å². The number of benzene rings is 5. The van der Waals surface area contributed by atoms with Crippen LogP contribution in [0.25, 0.3) is 32.7 Å². The van der Waals surface area contributed by atoms with Crippen molar-refractivity contribution in [1.29, 1.82) is 0 Å². The molecule has 8 rings (SSSR count). The van der Waals surface area contributed by atoms with Crippen LogP contribution in [-0.4, -0.2) is 159 Å². The summed E-state index contributed by atoms with van der Waals surface area (Å²) in [6.07, 6.45) is 13.0. The Morgan fingerprint density at radius 1 is 0.505 bits per heavy atom. The van der Waals surface area contributed by atoms with E-state index in [1.54, 1.807) is 49.4 Å². The Balaban J connectivity index is 0.000000670. The first kappa shape index (κ1) is 104. The van der Waals surface area contributed by atoms with Crippen molar-refractivity contribution in [1.82, 2.24) is 13.7 Å². The summed E-state index contributed by atoms with van der Waals surface area (Å²) in [7, 11) is -15.7. The molecule has 0 fully saturated rings. The average Bonchev–Trinajstić information content (AvgIpc) is 0.792. The summed E-state index contributed by atoms with van der Waals surface area (Å²) in [5.74, 6) is -3.61. The number of halogens is 12. The Labute approximate surface area is 714 Å². The van der Waals surface area contributed by atoms with Gasteiger partial charge in [0.1, 0.15) is 84.6 Å². The minimum absolute atomic E-state index is 0. The molecule has 0 unspecified atom stereocenters. The fourth-order valence-corrected chi connectivity index (χ4v) is 14.7. The van der Waals surface area contributed by atoms with Crippen LogP contribution in [0.5, 0.6) is 0 Å². The van der Waals surface area contributed by atoms with Gasteiger partial charge in [-0.25, -0.2) is 64.0 Å². The molecule has 5 aromatic carbocycles. The SMILES string of the molecule is C=CCc1c(F)ccc2ccc(=O)n(CCS(C)(=O)=O)c12.CCO/C=C/C(=O)Cc1cccc(F)c1Br.CCO/C=C/C(=O)N(CCS(C)(=O)=O)c1cccc(F)c1Br.CS(=O)(=O)CCBr.CS(=O)(=O)CCn1c(=O)ccc2ccc(F)c(Br)c21.CS(=O)(=O)CCn1c(=O)ccc2ccc(F)c(CC=O)c21.[CH3-].[I][V]([I])[I]. The molecule has 0 saturated carbocycles. The van der Waals surface area contributed by atoms with Gasteiger partial charge < -0.3 is 40.3 Å². The van der Waals surface area contributed by atoms with Gasteiger partial charge in [0.15, 0.2) is 5.78 Å². The first-order valence-electron chi connectivity index (χ1n) is 31.8. The molecule has 0 aliphatic rings. The number of rotatable bonds is 27. The van der Waals surface area contributed by atoms with Crippen molar-refractivity contribution < 1.29 is 92.8 Å². The molecular formula is C71H80Br4F5I3N4O18S5V-. The normalized spacial score (nSPS) is 11.4. The number of carbonyl (C=O) groups excluding carboxylic acids is 3. The second-order valence-electron chi connectivity index (χ2n) is 23.0. The number of anilines is 1. The molecule has 612 valence electrons. The van der Waals surface area contributed by atoms with Crippen LogP contribution in [0.4, 0.5) is 27.6 Å². The van der Waals surface area contributed by atoms with Gasteiger partial charge in [-0.05, 0) is 163 Å². The molecule has 0 saturated heterocycles. The molecule has 3 aromatic heterocycles. The average molecular weight is 2280 g/mol. The Bertz CT molecular complexity index is 5250. The second kappa shape index (κ2) is 50.8. The van der Waals surface area contributed by atoms with E-state index >= 15 is 0 Å². The van der Waals surface area contributed by atoms with E-state index in [2.05, 4.69) is 130 Å². The van der Waals surface area contributed by atoms with Crippen LogP contribution in [0.1, 0.15) is 30.5 Å². The van der Waals surface area contributed by atoms with E-state index in [1.807, 2.05) is 6.92 Å². The summed E-state index contributed by atoms with van der Waals surface area (Å²) in [6.45, 7) is 7.94. The molecule has 22 nitrogen and oxygen atoms in total. The number of alkyl halides is 1. The monoisotopic (exact) mass is 2280 g/mol. The van der Waals surface area contributed by atoms with E-state index < -0.39 is 83.9 Å². The predicted octanol–water partition coefficient (Wildman–Crippen LogP) is 14.1. The molecule has 0 bridgehead atoms. The number of aromatic nitrogens is 3. The molecule has 0 radical (unpaired) electrons.